The minimum atomic E-state index is -3.81. The van der Waals surface area contributed by atoms with Gasteiger partial charge in [0.05, 0.1) is 11.5 Å². The van der Waals surface area contributed by atoms with E-state index in [2.05, 4.69) is 0 Å². The molecule has 6 nitrogen and oxygen atoms in total. The molecule has 2 N–H and O–H groups in total. The molecule has 1 atom stereocenters. The van der Waals surface area contributed by atoms with E-state index in [1.54, 1.807) is 0 Å². The molecule has 1 aliphatic heterocycles. The van der Waals surface area contributed by atoms with Crippen molar-refractivity contribution in [3.05, 3.63) is 15.8 Å². The molecule has 1 aliphatic rings. The van der Waals surface area contributed by atoms with Gasteiger partial charge in [0.25, 0.3) is 0 Å². The third kappa shape index (κ3) is 3.05. The Kier molecular flexibility index (Phi) is 4.68. The van der Waals surface area contributed by atoms with Crippen molar-refractivity contribution in [1.82, 2.24) is 4.31 Å². The second kappa shape index (κ2) is 5.92. The number of hydrogen-bond acceptors (Lipinski definition) is 5. The van der Waals surface area contributed by atoms with Crippen molar-refractivity contribution in [3.8, 4) is 0 Å². The molecule has 22 heavy (non-hydrogen) atoms. The van der Waals surface area contributed by atoms with Crippen molar-refractivity contribution in [3.63, 3.8) is 0 Å². The van der Waals surface area contributed by atoms with Gasteiger partial charge in [0.1, 0.15) is 4.88 Å². The van der Waals surface area contributed by atoms with E-state index in [0.29, 0.717) is 24.3 Å². The highest BCUT2D eigenvalue weighted by Gasteiger charge is 2.39. The highest BCUT2D eigenvalue weighted by atomic mass is 32.2. The quantitative estimate of drug-likeness (QED) is 0.867. The zero-order chi connectivity index (χ0) is 16.7. The van der Waals surface area contributed by atoms with Gasteiger partial charge in [-0.2, -0.15) is 4.31 Å². The van der Waals surface area contributed by atoms with Crippen LogP contribution in [0.1, 0.15) is 48.2 Å². The van der Waals surface area contributed by atoms with Crippen molar-refractivity contribution >= 4 is 27.3 Å². The summed E-state index contributed by atoms with van der Waals surface area (Å²) in [4.78, 5) is 11.8. The number of aromatic carboxylic acids is 1. The molecule has 0 aliphatic carbocycles. The van der Waals surface area contributed by atoms with Crippen LogP contribution >= 0.6 is 11.3 Å². The van der Waals surface area contributed by atoms with Crippen LogP contribution in [0.25, 0.3) is 0 Å². The number of rotatable bonds is 4. The third-order valence-electron chi connectivity index (χ3n) is 3.71. The fourth-order valence-corrected chi connectivity index (χ4v) is 6.09. The van der Waals surface area contributed by atoms with Gasteiger partial charge in [-0.1, -0.05) is 20.8 Å². The lowest BCUT2D eigenvalue weighted by Crippen LogP contribution is -2.38. The summed E-state index contributed by atoms with van der Waals surface area (Å²) in [5, 5.41) is 18.6. The Bertz CT molecular complexity index is 672. The van der Waals surface area contributed by atoms with Crippen LogP contribution in [0.2, 0.25) is 0 Å². The van der Waals surface area contributed by atoms with Crippen LogP contribution < -0.4 is 0 Å². The fourth-order valence-electron chi connectivity index (χ4n) is 2.63. The molecule has 124 valence electrons. The zero-order valence-corrected chi connectivity index (χ0v) is 14.5. The van der Waals surface area contributed by atoms with Crippen molar-refractivity contribution in [2.45, 2.75) is 50.0 Å². The average Bonchev–Trinajstić information content (AvgIpc) is 3.05. The summed E-state index contributed by atoms with van der Waals surface area (Å²) in [5.74, 6) is -1.13. The first-order valence-corrected chi connectivity index (χ1v) is 9.35. The number of carboxylic acids is 1. The van der Waals surface area contributed by atoms with E-state index in [0.717, 1.165) is 11.3 Å². The summed E-state index contributed by atoms with van der Waals surface area (Å²) in [6, 6.07) is 0.821. The molecule has 1 aromatic heterocycles. The van der Waals surface area contributed by atoms with Crippen molar-refractivity contribution in [1.29, 1.82) is 0 Å². The Labute approximate surface area is 134 Å². The SMILES string of the molecule is CC(C)(C)c1sc(C(=O)O)cc1S(=O)(=O)N1CCC[C@@H]1CO. The minimum absolute atomic E-state index is 0.0169. The third-order valence-corrected chi connectivity index (χ3v) is 7.36. The largest absolute Gasteiger partial charge is 0.477 e. The van der Waals surface area contributed by atoms with Gasteiger partial charge < -0.3 is 10.2 Å². The molecule has 0 spiro atoms. The second-order valence-corrected chi connectivity index (χ2v) is 9.36. The molecule has 8 heteroatoms. The molecular formula is C14H21NO5S2. The Balaban J connectivity index is 2.57. The van der Waals surface area contributed by atoms with Gasteiger partial charge in [0.2, 0.25) is 10.0 Å². The van der Waals surface area contributed by atoms with Crippen LogP contribution in [0, 0.1) is 0 Å². The lowest BCUT2D eigenvalue weighted by molar-refractivity contribution is 0.0702. The highest BCUT2D eigenvalue weighted by molar-refractivity contribution is 7.89. The normalized spacial score (nSPS) is 20.5. The first-order chi connectivity index (χ1) is 10.1. The molecule has 0 saturated carbocycles. The number of carboxylic acid groups (broad SMARTS) is 1. The number of aliphatic hydroxyl groups excluding tert-OH is 1. The van der Waals surface area contributed by atoms with Crippen LogP contribution in [0.4, 0.5) is 0 Å². The van der Waals surface area contributed by atoms with Crippen LogP contribution in [-0.2, 0) is 15.4 Å². The molecule has 0 aromatic carbocycles. The standard InChI is InChI=1S/C14H21NO5S2/c1-14(2,3)12-11(7-10(21-12)13(17)18)22(19,20)15-6-4-5-9(15)8-16/h7,9,16H,4-6,8H2,1-3H3,(H,17,18)/t9-/m1/s1. The Morgan fingerprint density at radius 3 is 2.59 bits per heavy atom. The smallest absolute Gasteiger partial charge is 0.345 e. The minimum Gasteiger partial charge on any atom is -0.477 e. The molecule has 1 aromatic rings. The Morgan fingerprint density at radius 2 is 2.09 bits per heavy atom. The van der Waals surface area contributed by atoms with Gasteiger partial charge in [-0.25, -0.2) is 13.2 Å². The second-order valence-electron chi connectivity index (χ2n) is 6.45. The monoisotopic (exact) mass is 347 g/mol. The molecule has 1 fully saturated rings. The molecule has 1 saturated heterocycles. The van der Waals surface area contributed by atoms with Crippen LogP contribution in [0.3, 0.4) is 0 Å². The lowest BCUT2D eigenvalue weighted by atomic mass is 9.95. The topological polar surface area (TPSA) is 94.9 Å². The summed E-state index contributed by atoms with van der Waals surface area (Å²) in [7, 11) is -3.81. The van der Waals surface area contributed by atoms with Gasteiger partial charge in [0, 0.05) is 17.5 Å². The van der Waals surface area contributed by atoms with Crippen LogP contribution in [-0.4, -0.2) is 48.1 Å². The number of carbonyl (C=O) groups is 1. The maximum Gasteiger partial charge on any atom is 0.345 e. The van der Waals surface area contributed by atoms with Crippen molar-refractivity contribution in [2.24, 2.45) is 0 Å². The van der Waals surface area contributed by atoms with Gasteiger partial charge in [-0.3, -0.25) is 0 Å². The molecule has 0 bridgehead atoms. The van der Waals surface area contributed by atoms with E-state index < -0.39 is 27.4 Å². The number of sulfonamides is 1. The summed E-state index contributed by atoms with van der Waals surface area (Å²) in [6.45, 7) is 5.71. The predicted octanol–water partition coefficient (Wildman–Crippen LogP) is 1.89. The van der Waals surface area contributed by atoms with Crippen LogP contribution in [0.15, 0.2) is 11.0 Å². The van der Waals surface area contributed by atoms with Crippen molar-refractivity contribution < 1.29 is 23.4 Å². The molecule has 2 rings (SSSR count). The summed E-state index contributed by atoms with van der Waals surface area (Å²) in [6.07, 6.45) is 1.32. The number of hydrogen-bond donors (Lipinski definition) is 2. The predicted molar refractivity (Wildman–Crippen MR) is 84.0 cm³/mol. The molecule has 0 amide bonds. The number of thiophene rings is 1. The fraction of sp³-hybridized carbons (Fsp3) is 0.643. The number of nitrogens with zero attached hydrogens (tertiary/aromatic N) is 1. The van der Waals surface area contributed by atoms with Gasteiger partial charge in [0.15, 0.2) is 0 Å². The summed E-state index contributed by atoms with van der Waals surface area (Å²) >= 11 is 1.00. The van der Waals surface area contributed by atoms with Crippen molar-refractivity contribution in [2.75, 3.05) is 13.2 Å². The average molecular weight is 347 g/mol. The van der Waals surface area contributed by atoms with E-state index >= 15 is 0 Å². The van der Waals surface area contributed by atoms with Gasteiger partial charge >= 0.3 is 5.97 Å². The van der Waals surface area contributed by atoms with Gasteiger partial charge in [-0.05, 0) is 24.3 Å². The summed E-state index contributed by atoms with van der Waals surface area (Å²) < 4.78 is 27.2. The maximum atomic E-state index is 12.9. The molecule has 0 radical (unpaired) electrons. The van der Waals surface area contributed by atoms with E-state index in [1.165, 1.54) is 10.4 Å². The first-order valence-electron chi connectivity index (χ1n) is 7.09. The molecule has 0 unspecified atom stereocenters. The van der Waals surface area contributed by atoms with E-state index in [4.69, 9.17) is 0 Å². The van der Waals surface area contributed by atoms with E-state index in [-0.39, 0.29) is 16.4 Å². The van der Waals surface area contributed by atoms with E-state index in [9.17, 15) is 23.4 Å². The van der Waals surface area contributed by atoms with Crippen LogP contribution in [0.5, 0.6) is 0 Å². The van der Waals surface area contributed by atoms with E-state index in [1.807, 2.05) is 20.8 Å². The molecule has 2 heterocycles. The Hall–Kier alpha value is -0.960. The van der Waals surface area contributed by atoms with Gasteiger partial charge in [-0.15, -0.1) is 11.3 Å². The zero-order valence-electron chi connectivity index (χ0n) is 12.9. The Morgan fingerprint density at radius 1 is 1.45 bits per heavy atom. The number of aliphatic hydroxyl groups is 1. The lowest BCUT2D eigenvalue weighted by Gasteiger charge is -2.25. The highest BCUT2D eigenvalue weighted by Crippen LogP contribution is 2.39. The first kappa shape index (κ1) is 17.4. The maximum absolute atomic E-state index is 12.9. The summed E-state index contributed by atoms with van der Waals surface area (Å²) in [5.41, 5.74) is -0.477. The molecular weight excluding hydrogens is 326 g/mol.